The van der Waals surface area contributed by atoms with Crippen LogP contribution in [0.1, 0.15) is 44.1 Å². The van der Waals surface area contributed by atoms with Crippen molar-refractivity contribution in [2.45, 2.75) is 51.1 Å². The lowest BCUT2D eigenvalue weighted by Crippen LogP contribution is -2.35. The average molecular weight is 258 g/mol. The van der Waals surface area contributed by atoms with E-state index in [1.165, 1.54) is 19.3 Å². The normalized spacial score (nSPS) is 19.0. The van der Waals surface area contributed by atoms with Crippen molar-refractivity contribution in [1.29, 1.82) is 0 Å². The molecule has 1 aromatic carbocycles. The first-order valence-corrected chi connectivity index (χ1v) is 7.39. The number of nitrogens with zero attached hydrogens (tertiary/aromatic N) is 1. The van der Waals surface area contributed by atoms with Gasteiger partial charge >= 0.3 is 0 Å². The van der Waals surface area contributed by atoms with Crippen molar-refractivity contribution in [3.8, 4) is 0 Å². The van der Waals surface area contributed by atoms with Crippen LogP contribution in [-0.4, -0.2) is 11.9 Å². The highest BCUT2D eigenvalue weighted by Gasteiger charge is 2.35. The zero-order valence-corrected chi connectivity index (χ0v) is 11.3. The number of amides is 1. The zero-order valence-electron chi connectivity index (χ0n) is 11.3. The largest absolute Gasteiger partial charge is 0.326 e. The molecular weight excluding hydrogens is 236 g/mol. The van der Waals surface area contributed by atoms with E-state index in [1.54, 1.807) is 0 Å². The first-order valence-electron chi connectivity index (χ1n) is 7.39. The fourth-order valence-electron chi connectivity index (χ4n) is 2.73. The predicted octanol–water partition coefficient (Wildman–Crippen LogP) is 2.83. The van der Waals surface area contributed by atoms with Crippen molar-refractivity contribution < 1.29 is 4.79 Å². The minimum absolute atomic E-state index is 0.313. The Bertz CT molecular complexity index is 446. The van der Waals surface area contributed by atoms with Crippen molar-refractivity contribution in [3.63, 3.8) is 0 Å². The molecule has 1 amide bonds. The van der Waals surface area contributed by atoms with E-state index in [9.17, 15) is 4.79 Å². The van der Waals surface area contributed by atoms with E-state index < -0.39 is 0 Å². The Morgan fingerprint density at radius 1 is 1.16 bits per heavy atom. The lowest BCUT2D eigenvalue weighted by Gasteiger charge is -2.29. The van der Waals surface area contributed by atoms with E-state index in [0.29, 0.717) is 24.4 Å². The number of carbonyl (C=O) groups excluding carboxylic acids is 1. The molecule has 2 fully saturated rings. The smallest absolute Gasteiger partial charge is 0.227 e. The van der Waals surface area contributed by atoms with Crippen molar-refractivity contribution in [1.82, 2.24) is 0 Å². The Labute approximate surface area is 114 Å². The monoisotopic (exact) mass is 258 g/mol. The number of carbonyl (C=O) groups is 1. The van der Waals surface area contributed by atoms with Crippen LogP contribution in [0, 0.1) is 5.92 Å². The van der Waals surface area contributed by atoms with Gasteiger partial charge in [-0.1, -0.05) is 18.6 Å². The van der Waals surface area contributed by atoms with Gasteiger partial charge in [0.15, 0.2) is 0 Å². The van der Waals surface area contributed by atoms with Crippen molar-refractivity contribution in [2.24, 2.45) is 11.7 Å². The average Bonchev–Trinajstić information content (AvgIpc) is 3.20. The molecule has 2 aliphatic carbocycles. The van der Waals surface area contributed by atoms with Crippen LogP contribution in [0.5, 0.6) is 0 Å². The van der Waals surface area contributed by atoms with Gasteiger partial charge in [-0.15, -0.1) is 0 Å². The van der Waals surface area contributed by atoms with Crippen molar-refractivity contribution in [3.05, 3.63) is 29.8 Å². The second-order valence-corrected chi connectivity index (χ2v) is 5.87. The highest BCUT2D eigenvalue weighted by Crippen LogP contribution is 2.35. The molecule has 0 unspecified atom stereocenters. The van der Waals surface area contributed by atoms with Gasteiger partial charge < -0.3 is 10.6 Å². The Morgan fingerprint density at radius 3 is 2.32 bits per heavy atom. The van der Waals surface area contributed by atoms with E-state index in [2.05, 4.69) is 0 Å². The molecule has 3 rings (SSSR count). The minimum Gasteiger partial charge on any atom is -0.326 e. The molecule has 0 saturated heterocycles. The third-order valence-electron chi connectivity index (χ3n) is 4.32. The highest BCUT2D eigenvalue weighted by molar-refractivity contribution is 5.94. The van der Waals surface area contributed by atoms with Gasteiger partial charge in [0.05, 0.1) is 0 Å². The van der Waals surface area contributed by atoms with Crippen molar-refractivity contribution >= 4 is 11.6 Å². The van der Waals surface area contributed by atoms with E-state index in [0.717, 1.165) is 30.5 Å². The van der Waals surface area contributed by atoms with Gasteiger partial charge in [-0.05, 0) is 49.3 Å². The minimum atomic E-state index is 0.313. The summed E-state index contributed by atoms with van der Waals surface area (Å²) in [6.45, 7) is 0.555. The molecule has 0 bridgehead atoms. The number of benzene rings is 1. The molecule has 2 N–H and O–H groups in total. The Kier molecular flexibility index (Phi) is 3.56. The lowest BCUT2D eigenvalue weighted by atomic mass is 9.82. The van der Waals surface area contributed by atoms with Crippen LogP contribution < -0.4 is 10.6 Å². The summed E-state index contributed by atoms with van der Waals surface area (Å²) in [6, 6.07) is 8.58. The molecule has 0 heterocycles. The molecule has 2 saturated carbocycles. The summed E-state index contributed by atoms with van der Waals surface area (Å²) in [5, 5.41) is 0. The third kappa shape index (κ3) is 2.81. The van der Waals surface area contributed by atoms with Gasteiger partial charge in [-0.2, -0.15) is 0 Å². The van der Waals surface area contributed by atoms with Gasteiger partial charge in [0.1, 0.15) is 0 Å². The predicted molar refractivity (Wildman–Crippen MR) is 76.8 cm³/mol. The number of nitrogens with two attached hydrogens (primary N) is 1. The molecule has 3 nitrogen and oxygen atoms in total. The molecule has 0 radical (unpaired) electrons. The molecule has 3 heteroatoms. The van der Waals surface area contributed by atoms with Gasteiger partial charge in [-0.25, -0.2) is 0 Å². The van der Waals surface area contributed by atoms with E-state index >= 15 is 0 Å². The van der Waals surface area contributed by atoms with E-state index in [-0.39, 0.29) is 0 Å². The molecule has 102 valence electrons. The van der Waals surface area contributed by atoms with Crippen LogP contribution in [0.15, 0.2) is 24.3 Å². The van der Waals surface area contributed by atoms with Crippen LogP contribution in [0.3, 0.4) is 0 Å². The van der Waals surface area contributed by atoms with Gasteiger partial charge in [0.2, 0.25) is 5.91 Å². The van der Waals surface area contributed by atoms with Crippen molar-refractivity contribution in [2.75, 3.05) is 4.90 Å². The SMILES string of the molecule is NCc1ccc(N(C(=O)CC2CCC2)C2CC2)cc1. The molecule has 2 aliphatic rings. The Morgan fingerprint density at radius 2 is 1.84 bits per heavy atom. The van der Waals surface area contributed by atoms with Crippen LogP contribution in [0.25, 0.3) is 0 Å². The summed E-state index contributed by atoms with van der Waals surface area (Å²) in [5.74, 6) is 0.949. The summed E-state index contributed by atoms with van der Waals surface area (Å²) in [5.41, 5.74) is 7.78. The third-order valence-corrected chi connectivity index (χ3v) is 4.32. The van der Waals surface area contributed by atoms with Gasteiger partial charge in [0.25, 0.3) is 0 Å². The van der Waals surface area contributed by atoms with E-state index in [1.807, 2.05) is 29.2 Å². The standard InChI is InChI=1S/C16H22N2O/c17-11-13-4-6-14(7-5-13)18(15-8-9-15)16(19)10-12-2-1-3-12/h4-7,12,15H,1-3,8-11,17H2. The van der Waals surface area contributed by atoms with Crippen LogP contribution in [-0.2, 0) is 11.3 Å². The van der Waals surface area contributed by atoms with Crippen LogP contribution >= 0.6 is 0 Å². The molecule has 1 aromatic rings. The summed E-state index contributed by atoms with van der Waals surface area (Å²) in [4.78, 5) is 14.5. The van der Waals surface area contributed by atoms with Gasteiger partial charge in [0, 0.05) is 24.7 Å². The maximum Gasteiger partial charge on any atom is 0.227 e. The number of hydrogen-bond donors (Lipinski definition) is 1. The summed E-state index contributed by atoms with van der Waals surface area (Å²) in [6.07, 6.45) is 6.79. The molecule has 0 atom stereocenters. The second kappa shape index (κ2) is 5.33. The fourth-order valence-corrected chi connectivity index (χ4v) is 2.73. The molecule has 0 aliphatic heterocycles. The quantitative estimate of drug-likeness (QED) is 0.882. The number of rotatable bonds is 5. The topological polar surface area (TPSA) is 46.3 Å². The number of anilines is 1. The number of hydrogen-bond acceptors (Lipinski definition) is 2. The summed E-state index contributed by atoms with van der Waals surface area (Å²) >= 11 is 0. The molecule has 0 spiro atoms. The first-order chi connectivity index (χ1) is 9.28. The highest BCUT2D eigenvalue weighted by atomic mass is 16.2. The maximum absolute atomic E-state index is 12.5. The molecular formula is C16H22N2O. The maximum atomic E-state index is 12.5. The molecule has 0 aromatic heterocycles. The fraction of sp³-hybridized carbons (Fsp3) is 0.562. The van der Waals surface area contributed by atoms with Gasteiger partial charge in [-0.3, -0.25) is 4.79 Å². The summed E-state index contributed by atoms with van der Waals surface area (Å²) in [7, 11) is 0. The van der Waals surface area contributed by atoms with Crippen LogP contribution in [0.4, 0.5) is 5.69 Å². The first kappa shape index (κ1) is 12.7. The summed E-state index contributed by atoms with van der Waals surface area (Å²) < 4.78 is 0. The Hall–Kier alpha value is -1.35. The zero-order chi connectivity index (χ0) is 13.2. The van der Waals surface area contributed by atoms with E-state index in [4.69, 9.17) is 5.73 Å². The lowest BCUT2D eigenvalue weighted by molar-refractivity contribution is -0.120. The van der Waals surface area contributed by atoms with Crippen LogP contribution in [0.2, 0.25) is 0 Å². The molecule has 19 heavy (non-hydrogen) atoms. The Balaban J connectivity index is 1.73. The second-order valence-electron chi connectivity index (χ2n) is 5.87.